The summed E-state index contributed by atoms with van der Waals surface area (Å²) in [6, 6.07) is 10.6. The molecule has 1 amide bonds. The van der Waals surface area contributed by atoms with Gasteiger partial charge in [-0.2, -0.15) is 18.3 Å². The molecule has 11 heteroatoms. The van der Waals surface area contributed by atoms with Crippen molar-refractivity contribution in [3.05, 3.63) is 113 Å². The molecule has 0 bridgehead atoms. The average Bonchev–Trinajstić information content (AvgIpc) is 3.32. The molecule has 2 aromatic carbocycles. The van der Waals surface area contributed by atoms with Gasteiger partial charge in [0.05, 0.1) is 33.4 Å². The summed E-state index contributed by atoms with van der Waals surface area (Å²) in [6.45, 7) is 5.35. The molecule has 3 aromatic rings. The first-order valence-corrected chi connectivity index (χ1v) is 13.4. The maximum atomic E-state index is 14.0. The van der Waals surface area contributed by atoms with Gasteiger partial charge < -0.3 is 10.0 Å². The van der Waals surface area contributed by atoms with Crippen molar-refractivity contribution in [3.8, 4) is 5.69 Å². The second-order valence-corrected chi connectivity index (χ2v) is 10.5. The highest BCUT2D eigenvalue weighted by molar-refractivity contribution is 6.32. The molecule has 0 saturated carbocycles. The lowest BCUT2D eigenvalue weighted by atomic mass is 9.91. The molecule has 2 unspecified atom stereocenters. The number of halogens is 5. The van der Waals surface area contributed by atoms with Crippen molar-refractivity contribution in [2.45, 2.75) is 36.9 Å². The standard InChI is InChI=1S/C30H26Cl2F3N3O3/c1-4-22(29(40)41)25-26(28(39)37(3)17(2)18-9-13-20(14-10-18)30(33,34)35)36-38(24-8-6-5-7-23(24)32)27(25)19-11-15-21(31)16-12-19/h4-15,17,21-22H,1,16H2,2-3H3,(H,40,41)/t17-,21?,22?/m1/s1. The Labute approximate surface area is 245 Å². The summed E-state index contributed by atoms with van der Waals surface area (Å²) in [7, 11) is 1.48. The highest BCUT2D eigenvalue weighted by Crippen LogP contribution is 2.38. The van der Waals surface area contributed by atoms with Gasteiger partial charge in [-0.1, -0.05) is 60.2 Å². The van der Waals surface area contributed by atoms with Gasteiger partial charge in [0.25, 0.3) is 5.91 Å². The van der Waals surface area contributed by atoms with Crippen molar-refractivity contribution in [1.29, 1.82) is 0 Å². The molecule has 1 aliphatic rings. The lowest BCUT2D eigenvalue weighted by molar-refractivity contribution is -0.138. The number of carbonyl (C=O) groups excluding carboxylic acids is 1. The first-order valence-electron chi connectivity index (χ1n) is 12.6. The van der Waals surface area contributed by atoms with Gasteiger partial charge in [0, 0.05) is 12.6 Å². The summed E-state index contributed by atoms with van der Waals surface area (Å²) in [5, 5.41) is 14.8. The monoisotopic (exact) mass is 603 g/mol. The fourth-order valence-corrected chi connectivity index (χ4v) is 4.97. The van der Waals surface area contributed by atoms with Gasteiger partial charge >= 0.3 is 12.1 Å². The van der Waals surface area contributed by atoms with Gasteiger partial charge in [0.1, 0.15) is 5.92 Å². The Morgan fingerprint density at radius 2 is 1.85 bits per heavy atom. The van der Waals surface area contributed by atoms with Crippen molar-refractivity contribution in [3.63, 3.8) is 0 Å². The van der Waals surface area contributed by atoms with E-state index in [1.54, 1.807) is 43.3 Å². The zero-order valence-electron chi connectivity index (χ0n) is 22.1. The summed E-state index contributed by atoms with van der Waals surface area (Å²) in [6.07, 6.45) is 2.50. The molecule has 1 aliphatic carbocycles. The quantitative estimate of drug-likeness (QED) is 0.212. The third-order valence-electron chi connectivity index (χ3n) is 6.96. The Hall–Kier alpha value is -3.82. The minimum atomic E-state index is -4.50. The van der Waals surface area contributed by atoms with E-state index >= 15 is 0 Å². The van der Waals surface area contributed by atoms with Crippen molar-refractivity contribution in [2.75, 3.05) is 7.05 Å². The number of benzene rings is 2. The predicted octanol–water partition coefficient (Wildman–Crippen LogP) is 7.68. The summed E-state index contributed by atoms with van der Waals surface area (Å²) in [5.41, 5.74) is 0.933. The third-order valence-corrected chi connectivity index (χ3v) is 7.60. The highest BCUT2D eigenvalue weighted by Gasteiger charge is 2.36. The van der Waals surface area contributed by atoms with Crippen LogP contribution in [0.3, 0.4) is 0 Å². The van der Waals surface area contributed by atoms with Gasteiger partial charge in [-0.25, -0.2) is 4.68 Å². The number of carboxylic acid groups (broad SMARTS) is 1. The van der Waals surface area contributed by atoms with E-state index in [0.29, 0.717) is 34.0 Å². The largest absolute Gasteiger partial charge is 0.481 e. The van der Waals surface area contributed by atoms with Crippen molar-refractivity contribution in [2.24, 2.45) is 0 Å². The van der Waals surface area contributed by atoms with Gasteiger partial charge in [-0.3, -0.25) is 9.59 Å². The van der Waals surface area contributed by atoms with E-state index in [1.165, 1.54) is 34.8 Å². The molecule has 1 aromatic heterocycles. The number of hydrogen-bond donors (Lipinski definition) is 1. The molecule has 4 rings (SSSR count). The lowest BCUT2D eigenvalue weighted by Crippen LogP contribution is -2.31. The fraction of sp³-hybridized carbons (Fsp3) is 0.233. The Kier molecular flexibility index (Phi) is 8.80. The summed E-state index contributed by atoms with van der Waals surface area (Å²) in [5.74, 6) is -3.20. The molecular weight excluding hydrogens is 578 g/mol. The highest BCUT2D eigenvalue weighted by atomic mass is 35.5. The average molecular weight is 604 g/mol. The van der Waals surface area contributed by atoms with Gasteiger partial charge in [0.15, 0.2) is 5.69 Å². The van der Waals surface area contributed by atoms with Crippen LogP contribution in [0, 0.1) is 0 Å². The van der Waals surface area contributed by atoms with Crippen LogP contribution in [0.5, 0.6) is 0 Å². The van der Waals surface area contributed by atoms with Crippen LogP contribution < -0.4 is 0 Å². The molecule has 6 nitrogen and oxygen atoms in total. The molecular formula is C30H26Cl2F3N3O3. The van der Waals surface area contributed by atoms with E-state index in [1.807, 2.05) is 6.08 Å². The molecule has 214 valence electrons. The minimum absolute atomic E-state index is 0.104. The van der Waals surface area contributed by atoms with E-state index in [2.05, 4.69) is 11.7 Å². The van der Waals surface area contributed by atoms with Crippen molar-refractivity contribution in [1.82, 2.24) is 14.7 Å². The molecule has 41 heavy (non-hydrogen) atoms. The van der Waals surface area contributed by atoms with E-state index in [4.69, 9.17) is 23.2 Å². The smallest absolute Gasteiger partial charge is 0.416 e. The molecule has 3 atom stereocenters. The third kappa shape index (κ3) is 6.11. The molecule has 1 heterocycles. The molecule has 0 aliphatic heterocycles. The van der Waals surface area contributed by atoms with Crippen LogP contribution in [0.1, 0.15) is 58.2 Å². The van der Waals surface area contributed by atoms with Crippen LogP contribution in [0.4, 0.5) is 13.2 Å². The second-order valence-electron chi connectivity index (χ2n) is 9.51. The van der Waals surface area contributed by atoms with Crippen LogP contribution in [-0.2, 0) is 11.0 Å². The Bertz CT molecular complexity index is 1540. The fourth-order valence-electron chi connectivity index (χ4n) is 4.59. The van der Waals surface area contributed by atoms with Gasteiger partial charge in [-0.15, -0.1) is 18.2 Å². The van der Waals surface area contributed by atoms with Crippen LogP contribution in [0.15, 0.2) is 79.4 Å². The number of aromatic nitrogens is 2. The normalized spacial score (nSPS) is 16.6. The van der Waals surface area contributed by atoms with Crippen molar-refractivity contribution < 1.29 is 27.9 Å². The van der Waals surface area contributed by atoms with Crippen LogP contribution in [0.25, 0.3) is 11.3 Å². The molecule has 0 spiro atoms. The summed E-state index contributed by atoms with van der Waals surface area (Å²) < 4.78 is 40.7. The Balaban J connectivity index is 1.90. The predicted molar refractivity (Wildman–Crippen MR) is 152 cm³/mol. The number of para-hydroxylation sites is 1. The lowest BCUT2D eigenvalue weighted by Gasteiger charge is -2.25. The van der Waals surface area contributed by atoms with E-state index in [9.17, 15) is 27.9 Å². The van der Waals surface area contributed by atoms with Crippen LogP contribution >= 0.6 is 23.2 Å². The topological polar surface area (TPSA) is 75.4 Å². The van der Waals surface area contributed by atoms with Crippen LogP contribution in [0.2, 0.25) is 5.02 Å². The first kappa shape index (κ1) is 30.1. The number of carboxylic acids is 1. The van der Waals surface area contributed by atoms with Crippen molar-refractivity contribution >= 4 is 40.7 Å². The SMILES string of the molecule is C=CC(C(=O)O)c1c(C(=O)N(C)[C@H](C)c2ccc(C(F)(F)F)cc2)nn(-c2ccccc2Cl)c1C1=CCC(Cl)C=C1. The second kappa shape index (κ2) is 12.0. The maximum absolute atomic E-state index is 14.0. The van der Waals surface area contributed by atoms with Gasteiger partial charge in [0.2, 0.25) is 0 Å². The number of rotatable bonds is 8. The molecule has 0 radical (unpaired) electrons. The van der Waals surface area contributed by atoms with Crippen LogP contribution in [-0.4, -0.2) is 44.1 Å². The Morgan fingerprint density at radius 3 is 2.39 bits per heavy atom. The van der Waals surface area contributed by atoms with E-state index in [-0.39, 0.29) is 16.6 Å². The van der Waals surface area contributed by atoms with E-state index in [0.717, 1.165) is 12.1 Å². The summed E-state index contributed by atoms with van der Waals surface area (Å²) >= 11 is 12.8. The number of alkyl halides is 4. The van der Waals surface area contributed by atoms with Gasteiger partial charge in [-0.05, 0) is 48.7 Å². The number of hydrogen-bond acceptors (Lipinski definition) is 3. The zero-order chi connectivity index (χ0) is 30.1. The number of nitrogens with zero attached hydrogens (tertiary/aromatic N) is 3. The molecule has 1 N–H and O–H groups in total. The number of amides is 1. The summed E-state index contributed by atoms with van der Waals surface area (Å²) in [4.78, 5) is 27.8. The Morgan fingerprint density at radius 1 is 1.20 bits per heavy atom. The minimum Gasteiger partial charge on any atom is -0.481 e. The van der Waals surface area contributed by atoms with E-state index < -0.39 is 35.6 Å². The number of allylic oxidation sites excluding steroid dienone is 4. The molecule has 0 fully saturated rings. The first-order chi connectivity index (χ1) is 19.3. The number of aliphatic carboxylic acids is 1. The maximum Gasteiger partial charge on any atom is 0.416 e. The molecule has 0 saturated heterocycles. The number of carbonyl (C=O) groups is 2. The zero-order valence-corrected chi connectivity index (χ0v) is 23.6.